The lowest BCUT2D eigenvalue weighted by Gasteiger charge is -2.12. The highest BCUT2D eigenvalue weighted by Crippen LogP contribution is 2.30. The third-order valence-electron chi connectivity index (χ3n) is 7.46. The smallest absolute Gasteiger partial charge is 0.343 e. The molecule has 7 heteroatoms. The lowest BCUT2D eigenvalue weighted by Crippen LogP contribution is -2.10. The van der Waals surface area contributed by atoms with Crippen molar-refractivity contribution in [3.63, 3.8) is 0 Å². The molecule has 0 spiro atoms. The van der Waals surface area contributed by atoms with E-state index in [1.807, 2.05) is 24.5 Å². The molecule has 1 aromatic heterocycles. The van der Waals surface area contributed by atoms with Crippen LogP contribution >= 0.6 is 0 Å². The molecule has 0 atom stereocenters. The van der Waals surface area contributed by atoms with Crippen LogP contribution in [0, 0.1) is 22.7 Å². The van der Waals surface area contributed by atoms with E-state index in [-0.39, 0.29) is 16.9 Å². The molecule has 0 unspecified atom stereocenters. The Balaban J connectivity index is 1.55. The second-order valence-corrected chi connectivity index (χ2v) is 10.9. The van der Waals surface area contributed by atoms with E-state index in [2.05, 4.69) is 23.8 Å². The molecule has 0 fully saturated rings. The fourth-order valence-corrected chi connectivity index (χ4v) is 4.89. The number of hydrogen-bond donors (Lipinski definition) is 0. The third kappa shape index (κ3) is 10.8. The van der Waals surface area contributed by atoms with E-state index in [4.69, 9.17) is 9.47 Å². The number of nitriles is 2. The van der Waals surface area contributed by atoms with Gasteiger partial charge in [0.1, 0.15) is 29.0 Å². The summed E-state index contributed by atoms with van der Waals surface area (Å²) >= 11 is 0. The van der Waals surface area contributed by atoms with Crippen LogP contribution in [-0.4, -0.2) is 22.5 Å². The van der Waals surface area contributed by atoms with Crippen molar-refractivity contribution in [2.24, 2.45) is 0 Å². The number of ether oxygens (including phenoxy) is 2. The highest BCUT2D eigenvalue weighted by Gasteiger charge is 2.19. The molecule has 0 bridgehead atoms. The number of rotatable bonds is 19. The summed E-state index contributed by atoms with van der Waals surface area (Å²) in [5.41, 5.74) is 2.28. The van der Waals surface area contributed by atoms with Crippen molar-refractivity contribution in [2.75, 3.05) is 6.61 Å². The highest BCUT2D eigenvalue weighted by molar-refractivity contribution is 5.92. The Morgan fingerprint density at radius 3 is 1.84 bits per heavy atom. The molecule has 0 aliphatic carbocycles. The Hall–Kier alpha value is -4.23. The van der Waals surface area contributed by atoms with Gasteiger partial charge in [0.2, 0.25) is 0 Å². The summed E-state index contributed by atoms with van der Waals surface area (Å²) in [4.78, 5) is 21.9. The normalized spacial score (nSPS) is 10.6. The number of benzene rings is 2. The summed E-state index contributed by atoms with van der Waals surface area (Å²) in [6.07, 6.45) is 20.3. The molecule has 7 nitrogen and oxygen atoms in total. The molecule has 0 amide bonds. The van der Waals surface area contributed by atoms with Gasteiger partial charge in [-0.2, -0.15) is 10.5 Å². The molecule has 0 radical (unpaired) electrons. The highest BCUT2D eigenvalue weighted by atomic mass is 16.5. The first-order valence-electron chi connectivity index (χ1n) is 15.8. The summed E-state index contributed by atoms with van der Waals surface area (Å²) in [5, 5.41) is 19.5. The van der Waals surface area contributed by atoms with Crippen LogP contribution in [0.2, 0.25) is 0 Å². The van der Waals surface area contributed by atoms with Gasteiger partial charge < -0.3 is 9.47 Å². The predicted octanol–water partition coefficient (Wildman–Crippen LogP) is 9.14. The summed E-state index contributed by atoms with van der Waals surface area (Å²) in [6.45, 7) is 4.88. The maximum absolute atomic E-state index is 12.9. The van der Waals surface area contributed by atoms with Gasteiger partial charge in [-0.3, -0.25) is 0 Å². The molecule has 0 aliphatic rings. The number of nitrogens with zero attached hydrogens (tertiary/aromatic N) is 4. The summed E-state index contributed by atoms with van der Waals surface area (Å²) in [7, 11) is 0. The lowest BCUT2D eigenvalue weighted by molar-refractivity contribution is 0.0734. The van der Waals surface area contributed by atoms with E-state index < -0.39 is 5.97 Å². The van der Waals surface area contributed by atoms with Crippen LogP contribution in [-0.2, 0) is 6.42 Å². The summed E-state index contributed by atoms with van der Waals surface area (Å²) in [5.74, 6) is 0.314. The quantitative estimate of drug-likeness (QED) is 0.0790. The first kappa shape index (κ1) is 33.3. The van der Waals surface area contributed by atoms with Gasteiger partial charge >= 0.3 is 5.97 Å². The number of carbonyl (C=O) groups excluding carboxylic acids is 1. The molecule has 0 saturated heterocycles. The van der Waals surface area contributed by atoms with Crippen molar-refractivity contribution in [1.82, 2.24) is 9.97 Å². The van der Waals surface area contributed by atoms with Crippen LogP contribution in [0.5, 0.6) is 11.5 Å². The Labute approximate surface area is 256 Å². The molecule has 0 saturated carbocycles. The lowest BCUT2D eigenvalue weighted by atomic mass is 10.1. The largest absolute Gasteiger partial charge is 0.492 e. The second kappa shape index (κ2) is 19.1. The third-order valence-corrected chi connectivity index (χ3v) is 7.46. The van der Waals surface area contributed by atoms with Gasteiger partial charge in [0, 0.05) is 18.0 Å². The Kier molecular flexibility index (Phi) is 14.7. The van der Waals surface area contributed by atoms with Crippen LogP contribution in [0.3, 0.4) is 0 Å². The van der Waals surface area contributed by atoms with Crippen molar-refractivity contribution in [3.05, 3.63) is 71.0 Å². The maximum atomic E-state index is 12.9. The molecule has 2 aromatic carbocycles. The van der Waals surface area contributed by atoms with Crippen LogP contribution in [0.25, 0.3) is 11.4 Å². The number of hydrogen-bond acceptors (Lipinski definition) is 7. The minimum absolute atomic E-state index is 0.0158. The summed E-state index contributed by atoms with van der Waals surface area (Å²) < 4.78 is 11.3. The van der Waals surface area contributed by atoms with Gasteiger partial charge in [-0.15, -0.1) is 0 Å². The van der Waals surface area contributed by atoms with Crippen LogP contribution in [0.15, 0.2) is 48.8 Å². The molecular formula is C36H44N4O3. The number of esters is 1. The second-order valence-electron chi connectivity index (χ2n) is 10.9. The molecule has 226 valence electrons. The van der Waals surface area contributed by atoms with Crippen LogP contribution < -0.4 is 9.47 Å². The van der Waals surface area contributed by atoms with E-state index >= 15 is 0 Å². The van der Waals surface area contributed by atoms with Gasteiger partial charge in [-0.25, -0.2) is 14.8 Å². The number of carbonyl (C=O) groups is 1. The van der Waals surface area contributed by atoms with Gasteiger partial charge in [-0.05, 0) is 49.1 Å². The van der Waals surface area contributed by atoms with Gasteiger partial charge in [0.15, 0.2) is 11.6 Å². The van der Waals surface area contributed by atoms with E-state index in [1.165, 1.54) is 63.9 Å². The fourth-order valence-electron chi connectivity index (χ4n) is 4.89. The van der Waals surface area contributed by atoms with Crippen molar-refractivity contribution >= 4 is 5.97 Å². The van der Waals surface area contributed by atoms with Crippen molar-refractivity contribution in [2.45, 2.75) is 104 Å². The molecule has 3 rings (SSSR count). The number of aromatic nitrogens is 2. The number of aryl methyl sites for hydroxylation is 1. The minimum Gasteiger partial charge on any atom is -0.492 e. The number of unbranched alkanes of at least 4 members (excludes halogenated alkanes) is 11. The fraction of sp³-hybridized carbons (Fsp3) is 0.472. The predicted molar refractivity (Wildman–Crippen MR) is 169 cm³/mol. The zero-order valence-corrected chi connectivity index (χ0v) is 25.7. The topological polar surface area (TPSA) is 109 Å². The Bertz CT molecular complexity index is 1360. The SMILES string of the molecule is CCCCCCCCCc1cnc(-c2ccc(C(=O)Oc3ccc(OCCCCCCCC)c(C#N)c3C#N)cc2)nc1. The van der Waals surface area contributed by atoms with Gasteiger partial charge in [-0.1, -0.05) is 96.6 Å². The Morgan fingerprint density at radius 1 is 0.698 bits per heavy atom. The van der Waals surface area contributed by atoms with E-state index in [0.717, 1.165) is 43.2 Å². The molecule has 3 aromatic rings. The van der Waals surface area contributed by atoms with Gasteiger partial charge in [0.05, 0.1) is 12.2 Å². The van der Waals surface area contributed by atoms with E-state index in [9.17, 15) is 15.3 Å². The maximum Gasteiger partial charge on any atom is 0.343 e. The molecule has 1 heterocycles. The average Bonchev–Trinajstić information content (AvgIpc) is 3.04. The van der Waals surface area contributed by atoms with Gasteiger partial charge in [0.25, 0.3) is 0 Å². The molecule has 43 heavy (non-hydrogen) atoms. The van der Waals surface area contributed by atoms with Crippen LogP contribution in [0.1, 0.15) is 124 Å². The molecule has 0 N–H and O–H groups in total. The van der Waals surface area contributed by atoms with Crippen molar-refractivity contribution in [1.29, 1.82) is 10.5 Å². The molecular weight excluding hydrogens is 536 g/mol. The molecule has 0 aliphatic heterocycles. The first-order valence-corrected chi connectivity index (χ1v) is 15.8. The van der Waals surface area contributed by atoms with Crippen molar-refractivity contribution in [3.8, 4) is 35.0 Å². The first-order chi connectivity index (χ1) is 21.1. The van der Waals surface area contributed by atoms with Crippen LogP contribution in [0.4, 0.5) is 0 Å². The van der Waals surface area contributed by atoms with E-state index in [1.54, 1.807) is 30.3 Å². The zero-order valence-electron chi connectivity index (χ0n) is 25.7. The zero-order chi connectivity index (χ0) is 30.7. The van der Waals surface area contributed by atoms with E-state index in [0.29, 0.717) is 23.7 Å². The Morgan fingerprint density at radius 2 is 1.23 bits per heavy atom. The van der Waals surface area contributed by atoms with Crippen molar-refractivity contribution < 1.29 is 14.3 Å². The average molecular weight is 581 g/mol. The summed E-state index contributed by atoms with van der Waals surface area (Å²) in [6, 6.07) is 13.9. The standard InChI is InChI=1S/C36H44N4O3/c1-3-5-7-9-11-12-14-16-28-26-39-35(40-27-28)29-17-19-30(20-18-29)36(41)43-34-22-21-33(31(24-37)32(34)25-38)42-23-15-13-10-8-6-4-2/h17-22,26-27H,3-16,23H2,1-2H3. The monoisotopic (exact) mass is 580 g/mol. The minimum atomic E-state index is -0.626.